The van der Waals surface area contributed by atoms with E-state index in [1.54, 1.807) is 0 Å². The molecule has 0 saturated carbocycles. The highest BCUT2D eigenvalue weighted by Gasteiger charge is 2.30. The van der Waals surface area contributed by atoms with Gasteiger partial charge in [0.05, 0.1) is 24.5 Å². The number of ether oxygens (including phenoxy) is 1. The normalized spacial score (nSPS) is 14.9. The molecule has 4 heterocycles. The van der Waals surface area contributed by atoms with Crippen molar-refractivity contribution in [3.8, 4) is 11.4 Å². The molecule has 0 amide bonds. The summed E-state index contributed by atoms with van der Waals surface area (Å²) in [7, 11) is 0. The van der Waals surface area contributed by atoms with Crippen LogP contribution in [0.5, 0.6) is 0 Å². The number of hydrogen-bond acceptors (Lipinski definition) is 10. The standard InChI is InChI=1S/C19H15F3N6O2S2/c20-19(21,22)12-3-1-2-11(8-12)15-25-13(30-27-15)9-31-17-14-16(23-10-24-17)26-18(32-14)28-4-6-29-7-5-28/h1-3,8,10H,4-7,9H2. The first-order valence-corrected chi connectivity index (χ1v) is 11.3. The summed E-state index contributed by atoms with van der Waals surface area (Å²) in [6.07, 6.45) is -2.99. The van der Waals surface area contributed by atoms with Crippen molar-refractivity contribution < 1.29 is 22.4 Å². The maximum atomic E-state index is 13.0. The molecule has 8 nitrogen and oxygen atoms in total. The lowest BCUT2D eigenvalue weighted by Gasteiger charge is -2.25. The topological polar surface area (TPSA) is 90.1 Å². The van der Waals surface area contributed by atoms with E-state index in [9.17, 15) is 13.2 Å². The summed E-state index contributed by atoms with van der Waals surface area (Å²) in [5.74, 6) is 0.696. The number of benzene rings is 1. The van der Waals surface area contributed by atoms with Gasteiger partial charge in [0.1, 0.15) is 16.1 Å². The summed E-state index contributed by atoms with van der Waals surface area (Å²) in [4.78, 5) is 19.6. The van der Waals surface area contributed by atoms with Crippen molar-refractivity contribution in [3.05, 3.63) is 42.0 Å². The largest absolute Gasteiger partial charge is 0.416 e. The Morgan fingerprint density at radius 2 is 1.97 bits per heavy atom. The Morgan fingerprint density at radius 1 is 1.12 bits per heavy atom. The Hall–Kier alpha value is -2.77. The van der Waals surface area contributed by atoms with Crippen molar-refractivity contribution >= 4 is 38.6 Å². The number of rotatable bonds is 5. The first kappa shape index (κ1) is 21.1. The number of hydrogen-bond donors (Lipinski definition) is 0. The monoisotopic (exact) mass is 480 g/mol. The van der Waals surface area contributed by atoms with Gasteiger partial charge in [0.15, 0.2) is 10.8 Å². The minimum atomic E-state index is -4.44. The first-order valence-electron chi connectivity index (χ1n) is 9.54. The fourth-order valence-electron chi connectivity index (χ4n) is 3.11. The molecule has 0 bridgehead atoms. The number of morpholine rings is 1. The Morgan fingerprint density at radius 3 is 2.78 bits per heavy atom. The third-order valence-electron chi connectivity index (χ3n) is 4.68. The maximum Gasteiger partial charge on any atom is 0.416 e. The zero-order valence-electron chi connectivity index (χ0n) is 16.4. The van der Waals surface area contributed by atoms with E-state index in [4.69, 9.17) is 9.26 Å². The Labute approximate surface area is 187 Å². The van der Waals surface area contributed by atoms with Crippen molar-refractivity contribution in [2.24, 2.45) is 0 Å². The summed E-state index contributed by atoms with van der Waals surface area (Å²) in [5.41, 5.74) is 0.0893. The Kier molecular flexibility index (Phi) is 5.69. The van der Waals surface area contributed by atoms with Crippen LogP contribution < -0.4 is 4.90 Å². The number of halogens is 3. The summed E-state index contributed by atoms with van der Waals surface area (Å²) >= 11 is 2.89. The number of nitrogens with zero attached hydrogens (tertiary/aromatic N) is 6. The lowest BCUT2D eigenvalue weighted by molar-refractivity contribution is -0.137. The maximum absolute atomic E-state index is 13.0. The van der Waals surface area contributed by atoms with Crippen LogP contribution in [0.1, 0.15) is 11.5 Å². The summed E-state index contributed by atoms with van der Waals surface area (Å²) in [6, 6.07) is 4.83. The molecule has 1 aliphatic rings. The van der Waals surface area contributed by atoms with E-state index in [1.807, 2.05) is 0 Å². The van der Waals surface area contributed by atoms with E-state index in [-0.39, 0.29) is 17.3 Å². The molecule has 1 fully saturated rings. The molecule has 13 heteroatoms. The quantitative estimate of drug-likeness (QED) is 0.307. The van der Waals surface area contributed by atoms with Gasteiger partial charge in [0, 0.05) is 18.7 Å². The fraction of sp³-hybridized carbons (Fsp3) is 0.316. The Bertz CT molecular complexity index is 1240. The molecule has 1 aromatic carbocycles. The second-order valence-corrected chi connectivity index (χ2v) is 8.75. The van der Waals surface area contributed by atoms with Gasteiger partial charge in [-0.25, -0.2) is 9.97 Å². The minimum Gasteiger partial charge on any atom is -0.378 e. The van der Waals surface area contributed by atoms with Gasteiger partial charge in [-0.15, -0.1) is 0 Å². The number of anilines is 1. The van der Waals surface area contributed by atoms with Crippen molar-refractivity contribution in [2.45, 2.75) is 17.0 Å². The van der Waals surface area contributed by atoms with Crippen molar-refractivity contribution in [3.63, 3.8) is 0 Å². The third-order valence-corrected chi connectivity index (χ3v) is 6.89. The summed E-state index contributed by atoms with van der Waals surface area (Å²) < 4.78 is 50.3. The van der Waals surface area contributed by atoms with Crippen LogP contribution in [0.2, 0.25) is 0 Å². The molecular formula is C19H15F3N6O2S2. The number of thiazole rings is 1. The van der Waals surface area contributed by atoms with Gasteiger partial charge in [-0.05, 0) is 12.1 Å². The zero-order valence-corrected chi connectivity index (χ0v) is 18.0. The molecule has 0 atom stereocenters. The van der Waals surface area contributed by atoms with Crippen LogP contribution in [0.3, 0.4) is 0 Å². The molecule has 1 saturated heterocycles. The van der Waals surface area contributed by atoms with Crippen LogP contribution >= 0.6 is 23.1 Å². The molecular weight excluding hydrogens is 465 g/mol. The Balaban J connectivity index is 1.32. The van der Waals surface area contributed by atoms with Crippen molar-refractivity contribution in [1.29, 1.82) is 0 Å². The average Bonchev–Trinajstić information content (AvgIpc) is 3.45. The predicted octanol–water partition coefficient (Wildman–Crippen LogP) is 4.28. The molecule has 1 aliphatic heterocycles. The van der Waals surface area contributed by atoms with Crippen molar-refractivity contribution in [1.82, 2.24) is 25.1 Å². The van der Waals surface area contributed by atoms with E-state index in [0.717, 1.165) is 40.1 Å². The van der Waals surface area contributed by atoms with Gasteiger partial charge in [-0.1, -0.05) is 40.4 Å². The number of alkyl halides is 3. The van der Waals surface area contributed by atoms with E-state index in [0.29, 0.717) is 24.6 Å². The van der Waals surface area contributed by atoms with Crippen LogP contribution in [0, 0.1) is 0 Å². The average molecular weight is 480 g/mol. The molecule has 3 aromatic heterocycles. The van der Waals surface area contributed by atoms with Gasteiger partial charge in [0.2, 0.25) is 11.7 Å². The second kappa shape index (κ2) is 8.64. The van der Waals surface area contributed by atoms with Gasteiger partial charge >= 0.3 is 6.18 Å². The number of fused-ring (bicyclic) bond motifs is 1. The second-order valence-electron chi connectivity index (χ2n) is 6.81. The molecule has 0 spiro atoms. The van der Waals surface area contributed by atoms with Crippen LogP contribution in [0.4, 0.5) is 18.3 Å². The molecule has 0 aliphatic carbocycles. The van der Waals surface area contributed by atoms with E-state index >= 15 is 0 Å². The third kappa shape index (κ3) is 4.40. The molecule has 4 aromatic rings. The van der Waals surface area contributed by atoms with E-state index in [1.165, 1.54) is 41.6 Å². The highest BCUT2D eigenvalue weighted by atomic mass is 32.2. The van der Waals surface area contributed by atoms with Gasteiger partial charge in [-0.2, -0.15) is 23.1 Å². The lowest BCUT2D eigenvalue weighted by atomic mass is 10.1. The predicted molar refractivity (Wildman–Crippen MR) is 113 cm³/mol. The highest BCUT2D eigenvalue weighted by molar-refractivity contribution is 7.98. The molecule has 0 N–H and O–H groups in total. The summed E-state index contributed by atoms with van der Waals surface area (Å²) in [5, 5.41) is 5.42. The van der Waals surface area contributed by atoms with Crippen LogP contribution in [0.15, 0.2) is 40.1 Å². The van der Waals surface area contributed by atoms with E-state index < -0.39 is 11.7 Å². The zero-order chi connectivity index (χ0) is 22.1. The van der Waals surface area contributed by atoms with Crippen LogP contribution in [-0.2, 0) is 16.7 Å². The number of aromatic nitrogens is 5. The fourth-order valence-corrected chi connectivity index (χ4v) is 5.09. The smallest absolute Gasteiger partial charge is 0.378 e. The number of thioether (sulfide) groups is 1. The molecule has 0 unspecified atom stereocenters. The van der Waals surface area contributed by atoms with Crippen molar-refractivity contribution in [2.75, 3.05) is 31.2 Å². The lowest BCUT2D eigenvalue weighted by Crippen LogP contribution is -2.36. The molecule has 166 valence electrons. The SMILES string of the molecule is FC(F)(F)c1cccc(-c2noc(CSc3ncnc4nc(N5CCOCC5)sc34)n2)c1. The van der Waals surface area contributed by atoms with E-state index in [2.05, 4.69) is 30.0 Å². The first-order chi connectivity index (χ1) is 15.5. The summed E-state index contributed by atoms with van der Waals surface area (Å²) in [6.45, 7) is 2.87. The van der Waals surface area contributed by atoms with Gasteiger partial charge in [0.25, 0.3) is 0 Å². The molecule has 32 heavy (non-hydrogen) atoms. The van der Waals surface area contributed by atoms with Gasteiger partial charge in [-0.3, -0.25) is 0 Å². The van der Waals surface area contributed by atoms with Crippen LogP contribution in [-0.4, -0.2) is 51.4 Å². The highest BCUT2D eigenvalue weighted by Crippen LogP contribution is 2.35. The minimum absolute atomic E-state index is 0.104. The molecule has 0 radical (unpaired) electrons. The molecule has 5 rings (SSSR count). The van der Waals surface area contributed by atoms with Gasteiger partial charge < -0.3 is 14.2 Å². The van der Waals surface area contributed by atoms with Crippen LogP contribution in [0.25, 0.3) is 21.7 Å².